The zero-order chi connectivity index (χ0) is 24.5. The Morgan fingerprint density at radius 3 is 2.60 bits per heavy atom. The molecule has 5 rings (SSSR count). The normalized spacial score (nSPS) is 20.3. The summed E-state index contributed by atoms with van der Waals surface area (Å²) in [7, 11) is 0. The van der Waals surface area contributed by atoms with Crippen LogP contribution in [0.4, 0.5) is 17.3 Å². The number of nitrogens with zero attached hydrogens (tertiary/aromatic N) is 3. The van der Waals surface area contributed by atoms with Crippen LogP contribution in [-0.4, -0.2) is 45.2 Å². The Labute approximate surface area is 206 Å². The lowest BCUT2D eigenvalue weighted by Crippen LogP contribution is -2.40. The number of nitrogens with two attached hydrogens (primary N) is 1. The van der Waals surface area contributed by atoms with E-state index in [1.54, 1.807) is 24.3 Å². The first kappa shape index (κ1) is 23.1. The molecule has 4 N–H and O–H groups in total. The Bertz CT molecular complexity index is 1280. The van der Waals surface area contributed by atoms with Crippen LogP contribution < -0.4 is 16.4 Å². The largest absolute Gasteiger partial charge is 0.447 e. The number of anilines is 3. The van der Waals surface area contributed by atoms with E-state index in [-0.39, 0.29) is 46.9 Å². The number of carbonyl (C=O) groups is 3. The lowest BCUT2D eigenvalue weighted by Gasteiger charge is -2.34. The second-order valence-electron chi connectivity index (χ2n) is 8.89. The smallest absolute Gasteiger partial charge is 0.294 e. The van der Waals surface area contributed by atoms with E-state index in [2.05, 4.69) is 20.6 Å². The number of furan rings is 1. The van der Waals surface area contributed by atoms with Gasteiger partial charge in [-0.25, -0.2) is 9.97 Å². The van der Waals surface area contributed by atoms with Crippen molar-refractivity contribution in [3.63, 3.8) is 0 Å². The molecule has 3 amide bonds. The fourth-order valence-electron chi connectivity index (χ4n) is 4.82. The van der Waals surface area contributed by atoms with Crippen molar-refractivity contribution in [1.82, 2.24) is 14.9 Å². The zero-order valence-electron chi connectivity index (χ0n) is 18.9. The highest BCUT2D eigenvalue weighted by Crippen LogP contribution is 2.34. The van der Waals surface area contributed by atoms with Crippen molar-refractivity contribution in [3.8, 4) is 0 Å². The molecule has 1 aliphatic carbocycles. The predicted octanol–water partition coefficient (Wildman–Crippen LogP) is 3.83. The third-order valence-electron chi connectivity index (χ3n) is 6.60. The number of carbonyl (C=O) groups excluding carboxylic acids is 3. The predicted molar refractivity (Wildman–Crippen MR) is 131 cm³/mol. The van der Waals surface area contributed by atoms with Crippen LogP contribution in [0.3, 0.4) is 0 Å². The van der Waals surface area contributed by atoms with Gasteiger partial charge in [0.1, 0.15) is 22.8 Å². The van der Waals surface area contributed by atoms with E-state index in [1.165, 1.54) is 6.20 Å². The van der Waals surface area contributed by atoms with E-state index in [9.17, 15) is 14.4 Å². The molecule has 182 valence electrons. The second-order valence-corrected chi connectivity index (χ2v) is 9.33. The Morgan fingerprint density at radius 1 is 1.11 bits per heavy atom. The van der Waals surface area contributed by atoms with Crippen molar-refractivity contribution in [2.24, 2.45) is 5.92 Å². The van der Waals surface area contributed by atoms with E-state index >= 15 is 0 Å². The number of nitrogens with one attached hydrogen (secondary N) is 2. The fraction of sp³-hybridized carbons (Fsp3) is 0.375. The lowest BCUT2D eigenvalue weighted by molar-refractivity contribution is -0.130. The number of pyridine rings is 2. The van der Waals surface area contributed by atoms with Crippen LogP contribution >= 0.6 is 11.6 Å². The average Bonchev–Trinajstić information content (AvgIpc) is 3.44. The lowest BCUT2D eigenvalue weighted by atomic mass is 9.84. The molecule has 1 aliphatic heterocycles. The first-order chi connectivity index (χ1) is 16.9. The van der Waals surface area contributed by atoms with E-state index in [0.29, 0.717) is 35.4 Å². The van der Waals surface area contributed by atoms with E-state index in [0.717, 1.165) is 25.8 Å². The van der Waals surface area contributed by atoms with Crippen LogP contribution in [0.1, 0.15) is 49.1 Å². The van der Waals surface area contributed by atoms with Crippen LogP contribution in [0.25, 0.3) is 11.1 Å². The Balaban J connectivity index is 1.34. The topological polar surface area (TPSA) is 143 Å². The number of halogens is 1. The third kappa shape index (κ3) is 4.79. The van der Waals surface area contributed by atoms with Crippen molar-refractivity contribution in [2.45, 2.75) is 44.6 Å². The molecule has 1 saturated heterocycles. The number of aromatic nitrogens is 2. The van der Waals surface area contributed by atoms with Gasteiger partial charge in [-0.2, -0.15) is 0 Å². The van der Waals surface area contributed by atoms with E-state index in [4.69, 9.17) is 21.8 Å². The zero-order valence-corrected chi connectivity index (χ0v) is 19.7. The third-order valence-corrected chi connectivity index (χ3v) is 6.82. The second kappa shape index (κ2) is 9.53. The van der Waals surface area contributed by atoms with E-state index in [1.807, 2.05) is 4.90 Å². The molecule has 0 radical (unpaired) electrons. The first-order valence-electron chi connectivity index (χ1n) is 11.6. The summed E-state index contributed by atoms with van der Waals surface area (Å²) in [5.74, 6) is -0.444. The van der Waals surface area contributed by atoms with Gasteiger partial charge in [-0.05, 0) is 56.4 Å². The van der Waals surface area contributed by atoms with Gasteiger partial charge < -0.3 is 25.7 Å². The molecule has 0 bridgehead atoms. The first-order valence-corrected chi connectivity index (χ1v) is 12.0. The summed E-state index contributed by atoms with van der Waals surface area (Å²) in [6, 6.07) is 6.50. The molecule has 3 aromatic rings. The van der Waals surface area contributed by atoms with Crippen molar-refractivity contribution in [3.05, 3.63) is 41.2 Å². The monoisotopic (exact) mass is 496 g/mol. The summed E-state index contributed by atoms with van der Waals surface area (Å²) in [4.78, 5) is 48.6. The SMILES string of the molecule is Nc1ccc2oc(C(=O)Nc3ccc(Cl)cn3)c(NC(=O)C3CCC(N4CCCC4=O)CC3)c2n1. The van der Waals surface area contributed by atoms with Gasteiger partial charge in [0, 0.05) is 31.1 Å². The number of likely N-dealkylation sites (tertiary alicyclic amines) is 1. The number of amides is 3. The molecular formula is C24H25ClN6O4. The fourth-order valence-corrected chi connectivity index (χ4v) is 4.93. The molecule has 0 atom stereocenters. The molecule has 1 saturated carbocycles. The molecule has 10 nitrogen and oxygen atoms in total. The van der Waals surface area contributed by atoms with Crippen molar-refractivity contribution >= 4 is 57.7 Å². The summed E-state index contributed by atoms with van der Waals surface area (Å²) in [5, 5.41) is 5.94. The molecule has 35 heavy (non-hydrogen) atoms. The van der Waals surface area contributed by atoms with Gasteiger partial charge in [0.2, 0.25) is 17.6 Å². The number of fused-ring (bicyclic) bond motifs is 1. The van der Waals surface area contributed by atoms with Gasteiger partial charge in [-0.15, -0.1) is 0 Å². The highest BCUT2D eigenvalue weighted by atomic mass is 35.5. The van der Waals surface area contributed by atoms with Gasteiger partial charge in [0.05, 0.1) is 5.02 Å². The van der Waals surface area contributed by atoms with Gasteiger partial charge in [0.15, 0.2) is 5.58 Å². The maximum atomic E-state index is 13.2. The molecule has 0 spiro atoms. The summed E-state index contributed by atoms with van der Waals surface area (Å²) in [6.45, 7) is 0.801. The van der Waals surface area contributed by atoms with Crippen LogP contribution in [0.2, 0.25) is 5.02 Å². The average molecular weight is 497 g/mol. The highest BCUT2D eigenvalue weighted by molar-refractivity contribution is 6.30. The van der Waals surface area contributed by atoms with Gasteiger partial charge in [-0.3, -0.25) is 14.4 Å². The summed E-state index contributed by atoms with van der Waals surface area (Å²) in [5.41, 5.74) is 6.64. The maximum Gasteiger partial charge on any atom is 0.294 e. The number of nitrogen functional groups attached to an aromatic ring is 1. The summed E-state index contributed by atoms with van der Waals surface area (Å²) < 4.78 is 5.75. The molecule has 4 heterocycles. The van der Waals surface area contributed by atoms with Gasteiger partial charge in [0.25, 0.3) is 5.91 Å². The minimum Gasteiger partial charge on any atom is -0.447 e. The van der Waals surface area contributed by atoms with Crippen LogP contribution in [-0.2, 0) is 9.59 Å². The summed E-state index contributed by atoms with van der Waals surface area (Å²) in [6.07, 6.45) is 5.78. The maximum absolute atomic E-state index is 13.2. The van der Waals surface area contributed by atoms with Crippen molar-refractivity contribution < 1.29 is 18.8 Å². The van der Waals surface area contributed by atoms with Crippen LogP contribution in [0, 0.1) is 5.92 Å². The molecule has 2 aliphatic rings. The molecule has 0 aromatic carbocycles. The van der Waals surface area contributed by atoms with Gasteiger partial charge >= 0.3 is 0 Å². The molecule has 3 aromatic heterocycles. The van der Waals surface area contributed by atoms with Crippen molar-refractivity contribution in [1.29, 1.82) is 0 Å². The minimum atomic E-state index is -0.594. The Kier molecular flexibility index (Phi) is 6.29. The van der Waals surface area contributed by atoms with E-state index < -0.39 is 5.91 Å². The molecular weight excluding hydrogens is 472 g/mol. The van der Waals surface area contributed by atoms with Crippen LogP contribution in [0.15, 0.2) is 34.9 Å². The number of rotatable bonds is 5. The number of hydrogen-bond acceptors (Lipinski definition) is 7. The Hall–Kier alpha value is -3.66. The highest BCUT2D eigenvalue weighted by Gasteiger charge is 2.34. The molecule has 11 heteroatoms. The molecule has 2 fully saturated rings. The van der Waals surface area contributed by atoms with Crippen LogP contribution in [0.5, 0.6) is 0 Å². The standard InChI is InChI=1S/C24H25ClN6O4/c25-14-5-10-18(27-12-14)29-24(34)22-21(20-16(35-22)8-9-17(26)28-20)30-23(33)13-3-6-15(7-4-13)31-11-1-2-19(31)32/h5,8-10,12-13,15H,1-4,6-7,11H2,(H2,26,28)(H,30,33)(H,27,29,34). The number of hydrogen-bond donors (Lipinski definition) is 3. The van der Waals surface area contributed by atoms with Crippen molar-refractivity contribution in [2.75, 3.05) is 22.9 Å². The minimum absolute atomic E-state index is 0.0976. The van der Waals surface area contributed by atoms with Gasteiger partial charge in [-0.1, -0.05) is 11.6 Å². The Morgan fingerprint density at radius 2 is 1.91 bits per heavy atom. The summed E-state index contributed by atoms with van der Waals surface area (Å²) >= 11 is 5.86. The molecule has 0 unspecified atom stereocenters. The quantitative estimate of drug-likeness (QED) is 0.487.